The fraction of sp³-hybridized carbons (Fsp3) is 0.0588. The third-order valence-electron chi connectivity index (χ3n) is 3.35. The van der Waals surface area contributed by atoms with Gasteiger partial charge in [-0.15, -0.1) is 0 Å². The lowest BCUT2D eigenvalue weighted by molar-refractivity contribution is -0.386. The molecular formula is C17H11ClIN3O5. The summed E-state index contributed by atoms with van der Waals surface area (Å²) in [5.41, 5.74) is -0.341. The fourth-order valence-corrected chi connectivity index (χ4v) is 2.92. The number of rotatable bonds is 5. The predicted octanol–water partition coefficient (Wildman–Crippen LogP) is 4.11. The molecule has 0 saturated heterocycles. The van der Waals surface area contributed by atoms with Crippen molar-refractivity contribution in [1.82, 2.24) is 0 Å². The average molecular weight is 500 g/mol. The van der Waals surface area contributed by atoms with Crippen LogP contribution in [0.5, 0.6) is 11.5 Å². The van der Waals surface area contributed by atoms with Crippen molar-refractivity contribution in [3.63, 3.8) is 0 Å². The molecular weight excluding hydrogens is 489 g/mol. The molecule has 0 heterocycles. The van der Waals surface area contributed by atoms with Gasteiger partial charge < -0.3 is 15.2 Å². The summed E-state index contributed by atoms with van der Waals surface area (Å²) in [6.07, 6.45) is 1.18. The number of nitrogens with one attached hydrogen (secondary N) is 1. The van der Waals surface area contributed by atoms with Gasteiger partial charge in [0.2, 0.25) is 5.75 Å². The van der Waals surface area contributed by atoms with E-state index in [4.69, 9.17) is 16.3 Å². The van der Waals surface area contributed by atoms with Gasteiger partial charge in [0.1, 0.15) is 17.4 Å². The number of hydrogen-bond acceptors (Lipinski definition) is 6. The van der Waals surface area contributed by atoms with E-state index in [0.29, 0.717) is 10.8 Å². The minimum Gasteiger partial charge on any atom is -0.501 e. The van der Waals surface area contributed by atoms with E-state index in [1.54, 1.807) is 40.8 Å². The summed E-state index contributed by atoms with van der Waals surface area (Å²) in [5, 5.41) is 32.9. The number of carbonyl (C=O) groups is 1. The van der Waals surface area contributed by atoms with Gasteiger partial charge in [-0.2, -0.15) is 5.26 Å². The number of nitro benzene ring substituents is 1. The molecule has 0 spiro atoms. The standard InChI is InChI=1S/C17H11ClIN3O5/c1-27-15-3-2-11(18)7-13(15)21-17(24)10(8-20)4-9-5-12(19)16(23)14(6-9)22(25)26/h2-7,23H,1H3,(H,21,24)/b10-4+. The summed E-state index contributed by atoms with van der Waals surface area (Å²) in [6.45, 7) is 0. The monoisotopic (exact) mass is 499 g/mol. The summed E-state index contributed by atoms with van der Waals surface area (Å²) >= 11 is 7.62. The first-order valence-corrected chi connectivity index (χ1v) is 8.66. The van der Waals surface area contributed by atoms with Crippen molar-refractivity contribution in [2.24, 2.45) is 0 Å². The van der Waals surface area contributed by atoms with E-state index in [-0.39, 0.29) is 20.4 Å². The number of nitrogens with zero attached hydrogens (tertiary/aromatic N) is 2. The van der Waals surface area contributed by atoms with Crippen LogP contribution in [0.4, 0.5) is 11.4 Å². The minimum absolute atomic E-state index is 0.210. The number of benzene rings is 2. The van der Waals surface area contributed by atoms with Crippen molar-refractivity contribution in [2.45, 2.75) is 0 Å². The molecule has 10 heteroatoms. The van der Waals surface area contributed by atoms with Crippen LogP contribution in [0.15, 0.2) is 35.9 Å². The number of amides is 1. The van der Waals surface area contributed by atoms with Crippen LogP contribution in [0.2, 0.25) is 5.02 Å². The Kier molecular flexibility index (Phi) is 6.59. The normalized spacial score (nSPS) is 10.8. The maximum absolute atomic E-state index is 12.4. The molecule has 8 nitrogen and oxygen atoms in total. The molecule has 2 aromatic carbocycles. The van der Waals surface area contributed by atoms with Gasteiger partial charge in [0.25, 0.3) is 5.91 Å². The Morgan fingerprint density at radius 1 is 1.44 bits per heavy atom. The van der Waals surface area contributed by atoms with E-state index < -0.39 is 22.3 Å². The number of ether oxygens (including phenoxy) is 1. The smallest absolute Gasteiger partial charge is 0.312 e. The van der Waals surface area contributed by atoms with Crippen molar-refractivity contribution in [1.29, 1.82) is 5.26 Å². The highest BCUT2D eigenvalue weighted by Gasteiger charge is 2.19. The van der Waals surface area contributed by atoms with Crippen LogP contribution >= 0.6 is 34.2 Å². The molecule has 0 bridgehead atoms. The van der Waals surface area contributed by atoms with Crippen LogP contribution in [-0.2, 0) is 4.79 Å². The molecule has 0 aliphatic rings. The topological polar surface area (TPSA) is 125 Å². The maximum Gasteiger partial charge on any atom is 0.312 e. The van der Waals surface area contributed by atoms with Gasteiger partial charge in [0, 0.05) is 11.1 Å². The second kappa shape index (κ2) is 8.70. The van der Waals surface area contributed by atoms with Gasteiger partial charge in [0.15, 0.2) is 0 Å². The highest BCUT2D eigenvalue weighted by atomic mass is 127. The van der Waals surface area contributed by atoms with Gasteiger partial charge in [-0.3, -0.25) is 14.9 Å². The lowest BCUT2D eigenvalue weighted by Crippen LogP contribution is -2.14. The number of halogens is 2. The molecule has 0 radical (unpaired) electrons. The van der Waals surface area contributed by atoms with E-state index in [2.05, 4.69) is 5.32 Å². The first-order chi connectivity index (χ1) is 12.8. The van der Waals surface area contributed by atoms with E-state index in [9.17, 15) is 25.3 Å². The highest BCUT2D eigenvalue weighted by molar-refractivity contribution is 14.1. The Morgan fingerprint density at radius 2 is 2.15 bits per heavy atom. The van der Waals surface area contributed by atoms with Gasteiger partial charge in [-0.05, 0) is 58.5 Å². The van der Waals surface area contributed by atoms with Crippen LogP contribution < -0.4 is 10.1 Å². The molecule has 2 aromatic rings. The SMILES string of the molecule is COc1ccc(Cl)cc1NC(=O)/C(C#N)=C/c1cc(I)c(O)c([N+](=O)[O-])c1. The van der Waals surface area contributed by atoms with E-state index in [1.165, 1.54) is 25.3 Å². The minimum atomic E-state index is -0.752. The Hall–Kier alpha value is -2.84. The van der Waals surface area contributed by atoms with Gasteiger partial charge in [-0.1, -0.05) is 11.6 Å². The number of anilines is 1. The molecule has 2 rings (SSSR count). The molecule has 0 saturated carbocycles. The quantitative estimate of drug-likeness (QED) is 0.210. The summed E-state index contributed by atoms with van der Waals surface area (Å²) < 4.78 is 5.33. The predicted molar refractivity (Wildman–Crippen MR) is 108 cm³/mol. The van der Waals surface area contributed by atoms with Crippen molar-refractivity contribution in [3.8, 4) is 17.6 Å². The first-order valence-electron chi connectivity index (χ1n) is 7.20. The Bertz CT molecular complexity index is 1000. The number of phenolic OH excluding ortho intramolecular Hbond substituents is 1. The summed E-state index contributed by atoms with van der Waals surface area (Å²) in [6, 6.07) is 8.82. The van der Waals surface area contributed by atoms with Crippen LogP contribution in [0.25, 0.3) is 6.08 Å². The third-order valence-corrected chi connectivity index (χ3v) is 4.41. The molecule has 0 aliphatic carbocycles. The molecule has 27 heavy (non-hydrogen) atoms. The zero-order valence-electron chi connectivity index (χ0n) is 13.7. The number of nitro groups is 1. The molecule has 0 unspecified atom stereocenters. The zero-order valence-corrected chi connectivity index (χ0v) is 16.6. The molecule has 0 aliphatic heterocycles. The number of nitriles is 1. The number of carbonyl (C=O) groups excluding carboxylic acids is 1. The highest BCUT2D eigenvalue weighted by Crippen LogP contribution is 2.33. The third kappa shape index (κ3) is 4.87. The number of phenols is 1. The largest absolute Gasteiger partial charge is 0.501 e. The van der Waals surface area contributed by atoms with Crippen LogP contribution in [0, 0.1) is 25.0 Å². The van der Waals surface area contributed by atoms with Crippen molar-refractivity contribution in [2.75, 3.05) is 12.4 Å². The van der Waals surface area contributed by atoms with E-state index >= 15 is 0 Å². The Morgan fingerprint density at radius 3 is 2.74 bits per heavy atom. The number of aromatic hydroxyl groups is 1. The zero-order chi connectivity index (χ0) is 20.1. The summed E-state index contributed by atoms with van der Waals surface area (Å²) in [7, 11) is 1.41. The summed E-state index contributed by atoms with van der Waals surface area (Å²) in [5.74, 6) is -0.881. The second-order valence-corrected chi connectivity index (χ2v) is 6.69. The van der Waals surface area contributed by atoms with Crippen molar-refractivity contribution >= 4 is 57.5 Å². The van der Waals surface area contributed by atoms with Crippen LogP contribution in [-0.4, -0.2) is 23.0 Å². The molecule has 0 aromatic heterocycles. The van der Waals surface area contributed by atoms with Crippen LogP contribution in [0.1, 0.15) is 5.56 Å². The Balaban J connectivity index is 2.40. The number of hydrogen-bond donors (Lipinski definition) is 2. The molecule has 2 N–H and O–H groups in total. The second-order valence-electron chi connectivity index (χ2n) is 5.10. The lowest BCUT2D eigenvalue weighted by atomic mass is 10.1. The van der Waals surface area contributed by atoms with Crippen LogP contribution in [0.3, 0.4) is 0 Å². The fourth-order valence-electron chi connectivity index (χ4n) is 2.11. The van der Waals surface area contributed by atoms with Gasteiger partial charge >= 0.3 is 5.69 Å². The van der Waals surface area contributed by atoms with Gasteiger partial charge in [-0.25, -0.2) is 0 Å². The number of methoxy groups -OCH3 is 1. The average Bonchev–Trinajstić information content (AvgIpc) is 2.62. The van der Waals surface area contributed by atoms with Crippen molar-refractivity contribution < 1.29 is 19.6 Å². The van der Waals surface area contributed by atoms with Gasteiger partial charge in [0.05, 0.1) is 21.3 Å². The molecule has 0 atom stereocenters. The van der Waals surface area contributed by atoms with E-state index in [0.717, 1.165) is 6.07 Å². The lowest BCUT2D eigenvalue weighted by Gasteiger charge is -2.10. The first kappa shape index (κ1) is 20.5. The van der Waals surface area contributed by atoms with E-state index in [1.807, 2.05) is 0 Å². The Labute approximate surface area is 172 Å². The molecule has 1 amide bonds. The van der Waals surface area contributed by atoms with Crippen molar-refractivity contribution in [3.05, 3.63) is 60.2 Å². The maximum atomic E-state index is 12.4. The molecule has 138 valence electrons. The molecule has 0 fully saturated rings. The summed E-state index contributed by atoms with van der Waals surface area (Å²) in [4.78, 5) is 22.7.